The lowest BCUT2D eigenvalue weighted by molar-refractivity contribution is 0.284. The van der Waals surface area contributed by atoms with E-state index in [0.29, 0.717) is 22.7 Å². The predicted molar refractivity (Wildman–Crippen MR) is 168 cm³/mol. The van der Waals surface area contributed by atoms with E-state index in [2.05, 4.69) is 27.5 Å². The summed E-state index contributed by atoms with van der Waals surface area (Å²) in [7, 11) is -2.00. The molecule has 218 valence electrons. The van der Waals surface area contributed by atoms with Crippen molar-refractivity contribution in [2.45, 2.75) is 37.0 Å². The number of thiophene rings is 1. The molecule has 1 aliphatic carbocycles. The van der Waals surface area contributed by atoms with Gasteiger partial charge in [-0.3, -0.25) is 0 Å². The molecule has 3 N–H and O–H groups in total. The Morgan fingerprint density at radius 1 is 0.951 bits per heavy atom. The van der Waals surface area contributed by atoms with Gasteiger partial charge in [0.15, 0.2) is 0 Å². The number of aromatic nitrogens is 2. The largest absolute Gasteiger partial charge is 0.497 e. The Morgan fingerprint density at radius 3 is 2.34 bits per heavy atom. The minimum Gasteiger partial charge on any atom is -0.497 e. The van der Waals surface area contributed by atoms with Crippen molar-refractivity contribution in [1.82, 2.24) is 14.7 Å². The molecule has 0 aliphatic heterocycles. The van der Waals surface area contributed by atoms with Crippen molar-refractivity contribution in [2.24, 2.45) is 11.8 Å². The highest BCUT2D eigenvalue weighted by Crippen LogP contribution is 2.35. The number of sulfonamides is 1. The van der Waals surface area contributed by atoms with Crippen molar-refractivity contribution in [3.8, 4) is 5.75 Å². The monoisotopic (exact) mass is 633 g/mol. The van der Waals surface area contributed by atoms with Gasteiger partial charge in [0.2, 0.25) is 16.0 Å². The highest BCUT2D eigenvalue weighted by Gasteiger charge is 2.25. The molecule has 12 heteroatoms. The fourth-order valence-corrected chi connectivity index (χ4v) is 8.36. The smallest absolute Gasteiger partial charge is 0.242 e. The number of rotatable bonds is 12. The molecule has 1 aliphatic rings. The fourth-order valence-electron chi connectivity index (χ4n) is 5.10. The maximum absolute atomic E-state index is 12.6. The van der Waals surface area contributed by atoms with Crippen LogP contribution in [0.15, 0.2) is 59.5 Å². The van der Waals surface area contributed by atoms with Crippen LogP contribution in [-0.2, 0) is 16.4 Å². The van der Waals surface area contributed by atoms with Crippen molar-refractivity contribution < 1.29 is 13.2 Å². The first-order valence-electron chi connectivity index (χ1n) is 13.6. The van der Waals surface area contributed by atoms with Gasteiger partial charge in [0.05, 0.1) is 17.0 Å². The molecule has 0 saturated heterocycles. The molecule has 0 bridgehead atoms. The first-order chi connectivity index (χ1) is 19.8. The molecule has 0 atom stereocenters. The fraction of sp³-hybridized carbons (Fsp3) is 0.379. The number of para-hydroxylation sites is 1. The van der Waals surface area contributed by atoms with Crippen LogP contribution in [0.3, 0.4) is 0 Å². The Balaban J connectivity index is 1.12. The average Bonchev–Trinajstić information content (AvgIpc) is 3.34. The standard InChI is InChI=1S/C29H33Cl2N5O3S2/c1-39-22-12-10-19(11-13-22)14-15-32-28-23-4-2-3-5-24(23)35-29(36-28)33-17-20-6-8-21(9-7-20)18-34-41(37,38)25-16-26(30)40-27(25)31/h2-5,10-13,16,20-21,34H,6-9,14-15,17-18H2,1H3,(H2,32,33,35,36)/t20-,21-. The maximum atomic E-state index is 12.6. The first kappa shape index (κ1) is 29.8. The molecule has 0 amide bonds. The van der Waals surface area contributed by atoms with Gasteiger partial charge in [-0.05, 0) is 79.8 Å². The minimum absolute atomic E-state index is 0.0528. The maximum Gasteiger partial charge on any atom is 0.242 e. The molecular formula is C29H33Cl2N5O3S2. The zero-order valence-corrected chi connectivity index (χ0v) is 25.8. The van der Waals surface area contributed by atoms with E-state index in [9.17, 15) is 8.42 Å². The van der Waals surface area contributed by atoms with Gasteiger partial charge >= 0.3 is 0 Å². The average molecular weight is 635 g/mol. The number of anilines is 2. The molecule has 0 spiro atoms. The molecule has 8 nitrogen and oxygen atoms in total. The molecule has 41 heavy (non-hydrogen) atoms. The Labute approximate surface area is 254 Å². The van der Waals surface area contributed by atoms with Gasteiger partial charge in [-0.2, -0.15) is 4.98 Å². The predicted octanol–water partition coefficient (Wildman–Crippen LogP) is 6.86. The van der Waals surface area contributed by atoms with Crippen LogP contribution in [0.2, 0.25) is 8.67 Å². The molecule has 2 heterocycles. The van der Waals surface area contributed by atoms with Gasteiger partial charge in [-0.25, -0.2) is 18.1 Å². The van der Waals surface area contributed by atoms with E-state index >= 15 is 0 Å². The van der Waals surface area contributed by atoms with Crippen molar-refractivity contribution in [2.75, 3.05) is 37.4 Å². The quantitative estimate of drug-likeness (QED) is 0.156. The van der Waals surface area contributed by atoms with Gasteiger partial charge in [0.25, 0.3) is 0 Å². The highest BCUT2D eigenvalue weighted by molar-refractivity contribution is 7.89. The molecule has 1 fully saturated rings. The summed E-state index contributed by atoms with van der Waals surface area (Å²) in [5.41, 5.74) is 2.11. The number of benzene rings is 2. The Hall–Kier alpha value is -2.63. The molecule has 5 rings (SSSR count). The normalized spacial score (nSPS) is 17.4. The number of fused-ring (bicyclic) bond motifs is 1. The van der Waals surface area contributed by atoms with Crippen LogP contribution in [0.4, 0.5) is 11.8 Å². The van der Waals surface area contributed by atoms with Gasteiger partial charge in [-0.15, -0.1) is 11.3 Å². The Morgan fingerprint density at radius 2 is 1.66 bits per heavy atom. The van der Waals surface area contributed by atoms with E-state index in [1.54, 1.807) is 7.11 Å². The van der Waals surface area contributed by atoms with Crippen LogP contribution >= 0.6 is 34.5 Å². The number of nitrogens with zero attached hydrogens (tertiary/aromatic N) is 2. The summed E-state index contributed by atoms with van der Waals surface area (Å²) in [6.07, 6.45) is 4.77. The molecule has 2 aromatic carbocycles. The molecule has 0 radical (unpaired) electrons. The molecular weight excluding hydrogens is 601 g/mol. The van der Waals surface area contributed by atoms with Crippen molar-refractivity contribution in [1.29, 1.82) is 0 Å². The first-order valence-corrected chi connectivity index (χ1v) is 16.7. The van der Waals surface area contributed by atoms with Crippen LogP contribution in [-0.4, -0.2) is 45.1 Å². The lowest BCUT2D eigenvalue weighted by Crippen LogP contribution is -2.32. The van der Waals surface area contributed by atoms with Gasteiger partial charge in [0, 0.05) is 25.0 Å². The van der Waals surface area contributed by atoms with Crippen molar-refractivity contribution in [3.63, 3.8) is 0 Å². The molecule has 1 saturated carbocycles. The zero-order chi connectivity index (χ0) is 28.8. The number of nitrogens with one attached hydrogen (secondary N) is 3. The lowest BCUT2D eigenvalue weighted by atomic mass is 9.82. The number of hydrogen-bond donors (Lipinski definition) is 3. The second kappa shape index (κ2) is 13.6. The summed E-state index contributed by atoms with van der Waals surface area (Å²) in [5.74, 6) is 3.02. The summed E-state index contributed by atoms with van der Waals surface area (Å²) in [4.78, 5) is 9.60. The molecule has 2 aromatic heterocycles. The zero-order valence-electron chi connectivity index (χ0n) is 22.7. The number of ether oxygens (including phenoxy) is 1. The second-order valence-electron chi connectivity index (χ2n) is 10.2. The summed E-state index contributed by atoms with van der Waals surface area (Å²) in [6, 6.07) is 17.5. The number of halogens is 2. The van der Waals surface area contributed by atoms with Gasteiger partial charge < -0.3 is 15.4 Å². The van der Waals surface area contributed by atoms with Crippen LogP contribution < -0.4 is 20.1 Å². The van der Waals surface area contributed by atoms with Crippen LogP contribution in [0.1, 0.15) is 31.2 Å². The SMILES string of the molecule is COc1ccc(CCNc2nc(NC[C@H]3CC[C@H](CNS(=O)(=O)c4cc(Cl)sc4Cl)CC3)nc3ccccc23)cc1. The Kier molecular flexibility index (Phi) is 9.87. The summed E-state index contributed by atoms with van der Waals surface area (Å²) in [6.45, 7) is 1.91. The number of hydrogen-bond acceptors (Lipinski definition) is 8. The Bertz CT molecular complexity index is 1570. The summed E-state index contributed by atoms with van der Waals surface area (Å²) in [5, 5.41) is 7.94. The van der Waals surface area contributed by atoms with Crippen molar-refractivity contribution >= 4 is 67.2 Å². The van der Waals surface area contributed by atoms with E-state index in [1.165, 1.54) is 11.6 Å². The topological polar surface area (TPSA) is 105 Å². The van der Waals surface area contributed by atoms with Crippen LogP contribution in [0, 0.1) is 11.8 Å². The second-order valence-corrected chi connectivity index (χ2v) is 14.3. The van der Waals surface area contributed by atoms with Crippen LogP contribution in [0.25, 0.3) is 10.9 Å². The van der Waals surface area contributed by atoms with E-state index < -0.39 is 10.0 Å². The third-order valence-corrected chi connectivity index (χ3v) is 10.6. The van der Waals surface area contributed by atoms with Gasteiger partial charge in [-0.1, -0.05) is 47.5 Å². The van der Waals surface area contributed by atoms with E-state index in [4.69, 9.17) is 37.9 Å². The van der Waals surface area contributed by atoms with E-state index in [0.717, 1.165) is 79.0 Å². The van der Waals surface area contributed by atoms with Gasteiger partial charge in [0.1, 0.15) is 20.8 Å². The van der Waals surface area contributed by atoms with E-state index in [1.807, 2.05) is 36.4 Å². The third-order valence-electron chi connectivity index (χ3n) is 7.46. The van der Waals surface area contributed by atoms with Crippen LogP contribution in [0.5, 0.6) is 5.75 Å². The highest BCUT2D eigenvalue weighted by atomic mass is 35.5. The number of methoxy groups -OCH3 is 1. The molecule has 4 aromatic rings. The van der Waals surface area contributed by atoms with E-state index in [-0.39, 0.29) is 15.1 Å². The molecule has 0 unspecified atom stereocenters. The minimum atomic E-state index is -3.67. The summed E-state index contributed by atoms with van der Waals surface area (Å²) >= 11 is 13.0. The third kappa shape index (κ3) is 7.81. The summed E-state index contributed by atoms with van der Waals surface area (Å²) < 4.78 is 33.8. The van der Waals surface area contributed by atoms with Crippen molar-refractivity contribution in [3.05, 3.63) is 68.8 Å². The lowest BCUT2D eigenvalue weighted by Gasteiger charge is -2.28.